The van der Waals surface area contributed by atoms with Gasteiger partial charge < -0.3 is 14.4 Å². The van der Waals surface area contributed by atoms with Gasteiger partial charge in [-0.25, -0.2) is 4.99 Å². The van der Waals surface area contributed by atoms with Crippen LogP contribution in [0.2, 0.25) is 5.02 Å². The quantitative estimate of drug-likeness (QED) is 0.521. The number of halogens is 1. The number of fused-ring (bicyclic) bond motifs is 4. The van der Waals surface area contributed by atoms with Gasteiger partial charge >= 0.3 is 6.02 Å². The van der Waals surface area contributed by atoms with Crippen molar-refractivity contribution in [3.05, 3.63) is 52.8 Å². The van der Waals surface area contributed by atoms with Gasteiger partial charge in [-0.15, -0.1) is 0 Å². The van der Waals surface area contributed by atoms with E-state index < -0.39 is 5.54 Å². The Hall–Kier alpha value is -2.44. The highest BCUT2D eigenvalue weighted by atomic mass is 35.5. The minimum absolute atomic E-state index is 0.109. The predicted molar refractivity (Wildman–Crippen MR) is 123 cm³/mol. The molecule has 0 N–H and O–H groups in total. The van der Waals surface area contributed by atoms with E-state index in [0.717, 1.165) is 30.6 Å². The fraction of sp³-hybridized carbons (Fsp3) is 0.458. The number of nitrogens with zero attached hydrogens (tertiary/aromatic N) is 4. The summed E-state index contributed by atoms with van der Waals surface area (Å²) >= 11 is 6.21. The standard InChI is InChI=1S/C24H27ClN4O2/c1-23-6-7-30-13-21(23)24(14-31-22(28-24)27-15-29(2)3)20-9-16(4-5-17(20)10-23)18-8-19(25)12-26-11-18/h4-5,8-9,11-12,15,21H,6-7,10,13-14H2,1-3H3/b27-15+/t21-,23+,24?/m1/s1. The SMILES string of the molecule is CN(C)/C=N/C1=NC2(CO1)c1cc(-c3cncc(Cl)c3)ccc1C[C@]1(C)CCOC[C@@H]21. The summed E-state index contributed by atoms with van der Waals surface area (Å²) in [5, 5.41) is 0.626. The highest BCUT2D eigenvalue weighted by Gasteiger charge is 2.58. The Balaban J connectivity index is 1.66. The molecular formula is C24H27ClN4O2. The van der Waals surface area contributed by atoms with Gasteiger partial charge in [0, 0.05) is 44.6 Å². The zero-order valence-corrected chi connectivity index (χ0v) is 18.9. The number of pyridine rings is 1. The number of amidine groups is 1. The second-order valence-electron chi connectivity index (χ2n) is 9.29. The molecule has 1 aromatic heterocycles. The number of aromatic nitrogens is 1. The molecule has 6 nitrogen and oxygen atoms in total. The molecule has 7 heteroatoms. The number of hydrogen-bond donors (Lipinski definition) is 0. The number of hydrogen-bond acceptors (Lipinski definition) is 5. The Labute approximate surface area is 188 Å². The summed E-state index contributed by atoms with van der Waals surface area (Å²) < 4.78 is 12.0. The molecule has 2 aromatic rings. The van der Waals surface area contributed by atoms with E-state index in [1.807, 2.05) is 31.3 Å². The maximum Gasteiger partial charge on any atom is 0.314 e. The number of ether oxygens (including phenoxy) is 2. The highest BCUT2D eigenvalue weighted by molar-refractivity contribution is 6.30. The van der Waals surface area contributed by atoms with Crippen LogP contribution in [0, 0.1) is 11.3 Å². The Morgan fingerprint density at radius 1 is 1.23 bits per heavy atom. The molecule has 31 heavy (non-hydrogen) atoms. The Morgan fingerprint density at radius 3 is 2.90 bits per heavy atom. The molecule has 1 aliphatic carbocycles. The Morgan fingerprint density at radius 2 is 2.10 bits per heavy atom. The van der Waals surface area contributed by atoms with Crippen LogP contribution >= 0.6 is 11.6 Å². The first-order chi connectivity index (χ1) is 14.9. The normalized spacial score (nSPS) is 29.4. The van der Waals surface area contributed by atoms with Gasteiger partial charge in [-0.1, -0.05) is 30.7 Å². The van der Waals surface area contributed by atoms with Gasteiger partial charge in [-0.3, -0.25) is 4.98 Å². The Kier molecular flexibility index (Phi) is 5.02. The van der Waals surface area contributed by atoms with Gasteiger partial charge in [0.1, 0.15) is 12.1 Å². The number of benzene rings is 1. The first-order valence-electron chi connectivity index (χ1n) is 10.6. The summed E-state index contributed by atoms with van der Waals surface area (Å²) in [7, 11) is 3.87. The van der Waals surface area contributed by atoms with Crippen LogP contribution in [0.25, 0.3) is 11.1 Å². The molecule has 1 saturated heterocycles. The van der Waals surface area contributed by atoms with Crippen molar-refractivity contribution in [2.45, 2.75) is 25.3 Å². The lowest BCUT2D eigenvalue weighted by atomic mass is 9.55. The third kappa shape index (κ3) is 3.52. The molecule has 5 rings (SSSR count). The monoisotopic (exact) mass is 438 g/mol. The molecule has 1 aromatic carbocycles. The fourth-order valence-electron chi connectivity index (χ4n) is 5.27. The third-order valence-corrected chi connectivity index (χ3v) is 7.05. The van der Waals surface area contributed by atoms with E-state index in [2.05, 4.69) is 35.1 Å². The minimum atomic E-state index is -0.510. The van der Waals surface area contributed by atoms with E-state index in [-0.39, 0.29) is 11.3 Å². The van der Waals surface area contributed by atoms with Crippen LogP contribution in [0.5, 0.6) is 0 Å². The van der Waals surface area contributed by atoms with Crippen LogP contribution in [-0.2, 0) is 21.4 Å². The molecule has 3 atom stereocenters. The van der Waals surface area contributed by atoms with Crippen molar-refractivity contribution in [2.75, 3.05) is 33.9 Å². The van der Waals surface area contributed by atoms with E-state index in [1.165, 1.54) is 11.1 Å². The maximum atomic E-state index is 6.21. The van der Waals surface area contributed by atoms with Crippen LogP contribution in [0.15, 0.2) is 46.6 Å². The lowest BCUT2D eigenvalue weighted by molar-refractivity contribution is -0.0791. The van der Waals surface area contributed by atoms with Crippen molar-refractivity contribution >= 4 is 24.0 Å². The molecule has 0 bridgehead atoms. The fourth-order valence-corrected chi connectivity index (χ4v) is 5.44. The second-order valence-corrected chi connectivity index (χ2v) is 9.72. The molecular weight excluding hydrogens is 412 g/mol. The molecule has 0 amide bonds. The van der Waals surface area contributed by atoms with Gasteiger partial charge in [0.25, 0.3) is 0 Å². The topological polar surface area (TPSA) is 59.3 Å². The molecule has 1 fully saturated rings. The number of rotatable bonds is 2. The zero-order valence-electron chi connectivity index (χ0n) is 18.1. The van der Waals surface area contributed by atoms with E-state index in [4.69, 9.17) is 26.1 Å². The van der Waals surface area contributed by atoms with Gasteiger partial charge in [-0.2, -0.15) is 4.99 Å². The lowest BCUT2D eigenvalue weighted by Gasteiger charge is -2.52. The summed E-state index contributed by atoms with van der Waals surface area (Å²) in [6.07, 6.45) is 7.26. The molecule has 0 radical (unpaired) electrons. The van der Waals surface area contributed by atoms with Gasteiger partial charge in [0.2, 0.25) is 0 Å². The van der Waals surface area contributed by atoms with Gasteiger partial charge in [0.05, 0.1) is 18.0 Å². The summed E-state index contributed by atoms with van der Waals surface area (Å²) in [6.45, 7) is 4.31. The molecule has 3 aliphatic rings. The van der Waals surface area contributed by atoms with Crippen molar-refractivity contribution in [2.24, 2.45) is 21.3 Å². The van der Waals surface area contributed by atoms with Crippen LogP contribution in [0.3, 0.4) is 0 Å². The van der Waals surface area contributed by atoms with Crippen LogP contribution in [0.1, 0.15) is 24.5 Å². The van der Waals surface area contributed by atoms with E-state index in [0.29, 0.717) is 24.3 Å². The average molecular weight is 439 g/mol. The van der Waals surface area contributed by atoms with Crippen molar-refractivity contribution < 1.29 is 9.47 Å². The smallest absolute Gasteiger partial charge is 0.314 e. The molecule has 1 unspecified atom stereocenters. The predicted octanol–water partition coefficient (Wildman–Crippen LogP) is 4.17. The third-order valence-electron chi connectivity index (χ3n) is 6.84. The molecule has 3 heterocycles. The first kappa shape index (κ1) is 20.5. The minimum Gasteiger partial charge on any atom is -0.461 e. The van der Waals surface area contributed by atoms with E-state index in [9.17, 15) is 0 Å². The average Bonchev–Trinajstić information content (AvgIpc) is 3.17. The van der Waals surface area contributed by atoms with Crippen LogP contribution in [-0.4, -0.2) is 56.2 Å². The van der Waals surface area contributed by atoms with Crippen molar-refractivity contribution in [1.82, 2.24) is 9.88 Å². The summed E-state index contributed by atoms with van der Waals surface area (Å²) in [5.41, 5.74) is 4.20. The molecule has 0 saturated carbocycles. The van der Waals surface area contributed by atoms with Crippen LogP contribution in [0.4, 0.5) is 0 Å². The lowest BCUT2D eigenvalue weighted by Crippen LogP contribution is -2.54. The van der Waals surface area contributed by atoms with Gasteiger partial charge in [0.15, 0.2) is 0 Å². The first-order valence-corrected chi connectivity index (χ1v) is 11.0. The maximum absolute atomic E-state index is 6.21. The summed E-state index contributed by atoms with van der Waals surface area (Å²) in [4.78, 5) is 15.7. The molecule has 162 valence electrons. The number of aliphatic imine (C=N–C) groups is 2. The van der Waals surface area contributed by atoms with E-state index in [1.54, 1.807) is 12.5 Å². The highest BCUT2D eigenvalue weighted by Crippen LogP contribution is 2.56. The second kappa shape index (κ2) is 7.61. The zero-order chi connectivity index (χ0) is 21.6. The molecule has 2 aliphatic heterocycles. The Bertz CT molecular complexity index is 1070. The summed E-state index contributed by atoms with van der Waals surface area (Å²) in [6, 6.07) is 9.02. The van der Waals surface area contributed by atoms with Gasteiger partial charge in [-0.05, 0) is 47.1 Å². The van der Waals surface area contributed by atoms with Crippen molar-refractivity contribution in [1.29, 1.82) is 0 Å². The largest absolute Gasteiger partial charge is 0.461 e. The summed E-state index contributed by atoms with van der Waals surface area (Å²) in [5.74, 6) is 0.223. The van der Waals surface area contributed by atoms with E-state index >= 15 is 0 Å². The van der Waals surface area contributed by atoms with Crippen LogP contribution < -0.4 is 0 Å². The van der Waals surface area contributed by atoms with Crippen molar-refractivity contribution in [3.63, 3.8) is 0 Å². The van der Waals surface area contributed by atoms with Crippen molar-refractivity contribution in [3.8, 4) is 11.1 Å². The molecule has 1 spiro atoms.